The van der Waals surface area contributed by atoms with Crippen molar-refractivity contribution in [1.29, 1.82) is 0 Å². The first kappa shape index (κ1) is 25.4. The minimum Gasteiger partial charge on any atom is -0.626 e. The summed E-state index contributed by atoms with van der Waals surface area (Å²) in [4.78, 5) is 13.6. The highest BCUT2D eigenvalue weighted by atomic mass is 32.2. The van der Waals surface area contributed by atoms with E-state index < -0.39 is 33.0 Å². The Hall–Kier alpha value is -1.67. The van der Waals surface area contributed by atoms with Crippen LogP contribution in [-0.4, -0.2) is 72.6 Å². The topological polar surface area (TPSA) is 117 Å². The molecule has 2 aliphatic heterocycles. The number of amidine groups is 1. The lowest BCUT2D eigenvalue weighted by atomic mass is 9.84. The molecule has 0 amide bonds. The number of aliphatic imine (C=N–C) groups is 1. The van der Waals surface area contributed by atoms with E-state index in [-0.39, 0.29) is 18.1 Å². The third-order valence-electron chi connectivity index (χ3n) is 6.65. The molecule has 1 N–H and O–H groups in total. The molecule has 1 saturated heterocycles. The van der Waals surface area contributed by atoms with Crippen LogP contribution in [0.5, 0.6) is 0 Å². The van der Waals surface area contributed by atoms with Crippen molar-refractivity contribution in [2.24, 2.45) is 10.9 Å². The quantitative estimate of drug-likeness (QED) is 0.469. The van der Waals surface area contributed by atoms with Crippen LogP contribution in [0.2, 0.25) is 0 Å². The van der Waals surface area contributed by atoms with Gasteiger partial charge in [0, 0.05) is 18.7 Å². The van der Waals surface area contributed by atoms with Crippen LogP contribution < -0.4 is 4.72 Å². The number of hydrogen-bond acceptors (Lipinski definition) is 7. The normalized spacial score (nSPS) is 30.1. The van der Waals surface area contributed by atoms with Gasteiger partial charge in [0.2, 0.25) is 15.9 Å². The van der Waals surface area contributed by atoms with Crippen molar-refractivity contribution in [2.45, 2.75) is 70.3 Å². The molecule has 3 aliphatic rings. The average molecular weight is 506 g/mol. The number of quaternary nitrogens is 1. The minimum atomic E-state index is -4.50. The lowest BCUT2D eigenvalue weighted by Gasteiger charge is -2.46. The molecule has 1 unspecified atom stereocenters. The number of sulfonamides is 1. The van der Waals surface area contributed by atoms with E-state index in [4.69, 9.17) is 4.74 Å². The number of nitrogens with one attached hydrogen (secondary N) is 1. The van der Waals surface area contributed by atoms with Crippen molar-refractivity contribution in [3.8, 4) is 0 Å². The largest absolute Gasteiger partial charge is 0.626 e. The van der Waals surface area contributed by atoms with Gasteiger partial charge in [0.15, 0.2) is 0 Å². The number of aromatic nitrogens is 2. The van der Waals surface area contributed by atoms with Gasteiger partial charge in [0.25, 0.3) is 0 Å². The molecule has 2 fully saturated rings. The molecule has 2 atom stereocenters. The molecule has 13 heteroatoms. The third kappa shape index (κ3) is 6.30. The first-order valence-corrected chi connectivity index (χ1v) is 13.2. The fourth-order valence-electron chi connectivity index (χ4n) is 4.91. The van der Waals surface area contributed by atoms with Gasteiger partial charge in [-0.2, -0.15) is 13.2 Å². The fraction of sp³-hybridized carbons (Fsp3) is 0.762. The van der Waals surface area contributed by atoms with Gasteiger partial charge in [-0.3, -0.25) is 0 Å². The highest BCUT2D eigenvalue weighted by Crippen LogP contribution is 2.29. The molecular weight excluding hydrogens is 475 g/mol. The van der Waals surface area contributed by atoms with Gasteiger partial charge in [0.05, 0.1) is 36.6 Å². The van der Waals surface area contributed by atoms with E-state index in [1.807, 2.05) is 6.92 Å². The van der Waals surface area contributed by atoms with Gasteiger partial charge in [-0.1, -0.05) is 0 Å². The van der Waals surface area contributed by atoms with Gasteiger partial charge in [-0.15, -0.1) is 0 Å². The van der Waals surface area contributed by atoms with Crippen molar-refractivity contribution in [1.82, 2.24) is 14.7 Å². The van der Waals surface area contributed by atoms with E-state index in [1.54, 1.807) is 6.20 Å². The second-order valence-corrected chi connectivity index (χ2v) is 11.4. The van der Waals surface area contributed by atoms with Crippen LogP contribution in [-0.2, 0) is 27.7 Å². The summed E-state index contributed by atoms with van der Waals surface area (Å²) in [5, 5.41) is 13.3. The van der Waals surface area contributed by atoms with Gasteiger partial charge in [-0.05, 0) is 38.5 Å². The zero-order chi connectivity index (χ0) is 24.6. The molecule has 1 aliphatic carbocycles. The van der Waals surface area contributed by atoms with Crippen molar-refractivity contribution in [2.75, 3.05) is 25.4 Å². The Morgan fingerprint density at radius 2 is 2.00 bits per heavy atom. The highest BCUT2D eigenvalue weighted by molar-refractivity contribution is 7.89. The van der Waals surface area contributed by atoms with E-state index in [1.165, 1.54) is 0 Å². The summed E-state index contributed by atoms with van der Waals surface area (Å²) in [7, 11) is -3.96. The lowest BCUT2D eigenvalue weighted by molar-refractivity contribution is -0.803. The SMILES string of the molecule is C[C@H]1C[N+]([O-])(C2=NCc3nc(CC4CCC(NS(=O)(=O)CCC(F)(F)F)CC4)ncc32)CCO1. The Bertz CT molecular complexity index is 1030. The molecule has 34 heavy (non-hydrogen) atoms. The Morgan fingerprint density at radius 3 is 2.68 bits per heavy atom. The van der Waals surface area contributed by atoms with Crippen molar-refractivity contribution in [3.63, 3.8) is 0 Å². The second-order valence-electron chi connectivity index (χ2n) is 9.49. The van der Waals surface area contributed by atoms with Crippen molar-refractivity contribution >= 4 is 15.9 Å². The maximum absolute atomic E-state index is 13.3. The summed E-state index contributed by atoms with van der Waals surface area (Å²) < 4.78 is 68.2. The zero-order valence-electron chi connectivity index (χ0n) is 19.1. The molecule has 0 radical (unpaired) electrons. The molecule has 1 aromatic rings. The second kappa shape index (κ2) is 9.76. The summed E-state index contributed by atoms with van der Waals surface area (Å²) >= 11 is 0. The lowest BCUT2D eigenvalue weighted by Crippen LogP contribution is -2.57. The molecule has 1 saturated carbocycles. The number of morpholine rings is 1. The molecule has 3 heterocycles. The van der Waals surface area contributed by atoms with Gasteiger partial charge < -0.3 is 14.6 Å². The number of rotatable bonds is 6. The van der Waals surface area contributed by atoms with Gasteiger partial charge in [0.1, 0.15) is 25.0 Å². The number of fused-ring (bicyclic) bond motifs is 1. The Labute approximate surface area is 197 Å². The fourth-order valence-corrected chi connectivity index (χ4v) is 6.27. The van der Waals surface area contributed by atoms with E-state index in [2.05, 4.69) is 19.7 Å². The monoisotopic (exact) mass is 505 g/mol. The van der Waals surface area contributed by atoms with Crippen molar-refractivity contribution < 1.29 is 31.0 Å². The van der Waals surface area contributed by atoms with Crippen molar-refractivity contribution in [3.05, 3.63) is 28.5 Å². The Balaban J connectivity index is 1.29. The number of nitrogens with zero attached hydrogens (tertiary/aromatic N) is 4. The number of hydroxylamine groups is 3. The van der Waals surface area contributed by atoms with Crippen LogP contribution >= 0.6 is 0 Å². The summed E-state index contributed by atoms with van der Waals surface area (Å²) in [5.74, 6) is 0.444. The zero-order valence-corrected chi connectivity index (χ0v) is 19.9. The smallest absolute Gasteiger partial charge is 0.390 e. The molecule has 0 bridgehead atoms. The third-order valence-corrected chi connectivity index (χ3v) is 8.08. The molecule has 190 valence electrons. The average Bonchev–Trinajstić information content (AvgIpc) is 3.17. The standard InChI is InChI=1S/C21H30F3N5O4S/c1-14-13-29(30,7-8-33-14)20-17-11-25-19(27-18(17)12-26-20)10-15-2-4-16(5-3-15)28-34(31,32)9-6-21(22,23)24/h11,14-16,28H,2-10,12-13H2,1H3/t14-,15?,16?,29?/m0/s1. The predicted molar refractivity (Wildman–Crippen MR) is 118 cm³/mol. The molecule has 4 rings (SSSR count). The minimum absolute atomic E-state index is 0.137. The van der Waals surface area contributed by atoms with E-state index in [0.29, 0.717) is 62.7 Å². The molecule has 9 nitrogen and oxygen atoms in total. The van der Waals surface area contributed by atoms with E-state index in [0.717, 1.165) is 18.5 Å². The number of ether oxygens (including phenoxy) is 1. The van der Waals surface area contributed by atoms with E-state index in [9.17, 15) is 26.8 Å². The van der Waals surface area contributed by atoms with Gasteiger partial charge >= 0.3 is 6.18 Å². The van der Waals surface area contributed by atoms with Gasteiger partial charge in [-0.25, -0.2) is 28.1 Å². The van der Waals surface area contributed by atoms with Crippen LogP contribution in [0, 0.1) is 11.1 Å². The first-order chi connectivity index (χ1) is 15.9. The maximum Gasteiger partial charge on any atom is 0.390 e. The van der Waals surface area contributed by atoms with Crippen LogP contribution in [0.3, 0.4) is 0 Å². The summed E-state index contributed by atoms with van der Waals surface area (Å²) in [5.41, 5.74) is 1.45. The van der Waals surface area contributed by atoms with Crippen LogP contribution in [0.4, 0.5) is 13.2 Å². The number of alkyl halides is 3. The molecular formula is C21H30F3N5O4S. The van der Waals surface area contributed by atoms with Crippen LogP contribution in [0.1, 0.15) is 56.1 Å². The molecule has 1 aromatic heterocycles. The maximum atomic E-state index is 13.3. The van der Waals surface area contributed by atoms with Crippen LogP contribution in [0.15, 0.2) is 11.2 Å². The molecule has 0 aromatic carbocycles. The van der Waals surface area contributed by atoms with Crippen LogP contribution in [0.25, 0.3) is 0 Å². The summed E-state index contributed by atoms with van der Waals surface area (Å²) in [6.45, 7) is 3.24. The molecule has 0 spiro atoms. The Kier molecular flexibility index (Phi) is 7.30. The number of halogens is 3. The summed E-state index contributed by atoms with van der Waals surface area (Å²) in [6.07, 6.45) is -1.10. The Morgan fingerprint density at radius 1 is 1.26 bits per heavy atom. The van der Waals surface area contributed by atoms with E-state index >= 15 is 0 Å². The highest BCUT2D eigenvalue weighted by Gasteiger charge is 2.37. The number of hydrogen-bond donors (Lipinski definition) is 1. The predicted octanol–water partition coefficient (Wildman–Crippen LogP) is 2.44. The first-order valence-electron chi connectivity index (χ1n) is 11.6. The summed E-state index contributed by atoms with van der Waals surface area (Å²) in [6, 6.07) is -0.348.